The van der Waals surface area contributed by atoms with Gasteiger partial charge in [0, 0.05) is 18.2 Å². The summed E-state index contributed by atoms with van der Waals surface area (Å²) in [4.78, 5) is 23.3. The van der Waals surface area contributed by atoms with E-state index in [9.17, 15) is 9.59 Å². The summed E-state index contributed by atoms with van der Waals surface area (Å²) in [5.41, 5.74) is 1.06. The summed E-state index contributed by atoms with van der Waals surface area (Å²) in [6.07, 6.45) is 0. The average molecular weight is 304 g/mol. The smallest absolute Gasteiger partial charge is 0.243 e. The van der Waals surface area contributed by atoms with E-state index in [2.05, 4.69) is 34.2 Å². The molecule has 2 amide bonds. The summed E-state index contributed by atoms with van der Waals surface area (Å²) in [5.74, 6) is -0.289. The van der Waals surface area contributed by atoms with Gasteiger partial charge in [-0.15, -0.1) is 11.3 Å². The molecule has 0 saturated heterocycles. The molecule has 1 heterocycles. The largest absolute Gasteiger partial charge is 0.350 e. The zero-order valence-electron chi connectivity index (χ0n) is 12.5. The van der Waals surface area contributed by atoms with Gasteiger partial charge in [0.15, 0.2) is 0 Å². The normalized spacial score (nSPS) is 12.4. The number of fused-ring (bicyclic) bond motifs is 1. The van der Waals surface area contributed by atoms with Gasteiger partial charge in [-0.2, -0.15) is 0 Å². The Labute approximate surface area is 128 Å². The molecule has 2 aromatic rings. The standard InChI is InChI=1S/C16H20N2O2S/c1-10(2)15(18-11(3)19)16(20)17-9-12-4-5-14-13(8-12)6-7-21-14/h4-8,10,15H,9H2,1-3H3,(H,17,20)(H,18,19)/t15-/m0/s1. The second-order valence-electron chi connectivity index (χ2n) is 5.43. The van der Waals surface area contributed by atoms with Gasteiger partial charge in [-0.05, 0) is 40.4 Å². The first-order valence-corrected chi connectivity index (χ1v) is 7.86. The summed E-state index contributed by atoms with van der Waals surface area (Å²) in [5, 5.41) is 8.83. The minimum absolute atomic E-state index is 0.0493. The fraction of sp³-hybridized carbons (Fsp3) is 0.375. The summed E-state index contributed by atoms with van der Waals surface area (Å²) in [7, 11) is 0. The number of carbonyl (C=O) groups excluding carboxylic acids is 2. The van der Waals surface area contributed by atoms with Crippen LogP contribution in [-0.2, 0) is 16.1 Å². The van der Waals surface area contributed by atoms with Crippen LogP contribution >= 0.6 is 11.3 Å². The van der Waals surface area contributed by atoms with Crippen molar-refractivity contribution in [2.24, 2.45) is 5.92 Å². The molecular weight excluding hydrogens is 284 g/mol. The lowest BCUT2D eigenvalue weighted by Crippen LogP contribution is -2.48. The van der Waals surface area contributed by atoms with Gasteiger partial charge in [-0.3, -0.25) is 9.59 Å². The van der Waals surface area contributed by atoms with Crippen molar-refractivity contribution in [3.8, 4) is 0 Å². The third kappa shape index (κ3) is 4.04. The van der Waals surface area contributed by atoms with Gasteiger partial charge in [0.25, 0.3) is 0 Å². The van der Waals surface area contributed by atoms with Gasteiger partial charge < -0.3 is 10.6 Å². The molecule has 21 heavy (non-hydrogen) atoms. The van der Waals surface area contributed by atoms with Gasteiger partial charge in [-0.25, -0.2) is 0 Å². The van der Waals surface area contributed by atoms with Crippen molar-refractivity contribution in [3.63, 3.8) is 0 Å². The summed E-state index contributed by atoms with van der Waals surface area (Å²) in [6.45, 7) is 5.72. The number of benzene rings is 1. The molecule has 1 aromatic carbocycles. The van der Waals surface area contributed by atoms with Crippen molar-refractivity contribution in [1.82, 2.24) is 10.6 Å². The molecule has 0 fully saturated rings. The predicted octanol–water partition coefficient (Wildman–Crippen LogP) is 2.68. The lowest BCUT2D eigenvalue weighted by Gasteiger charge is -2.20. The number of nitrogens with one attached hydrogen (secondary N) is 2. The summed E-state index contributed by atoms with van der Waals surface area (Å²) < 4.78 is 1.24. The minimum Gasteiger partial charge on any atom is -0.350 e. The van der Waals surface area contributed by atoms with E-state index >= 15 is 0 Å². The van der Waals surface area contributed by atoms with Gasteiger partial charge in [0.1, 0.15) is 6.04 Å². The van der Waals surface area contributed by atoms with Gasteiger partial charge in [-0.1, -0.05) is 19.9 Å². The van der Waals surface area contributed by atoms with Gasteiger partial charge >= 0.3 is 0 Å². The highest BCUT2D eigenvalue weighted by atomic mass is 32.1. The topological polar surface area (TPSA) is 58.2 Å². The first kappa shape index (κ1) is 15.5. The van der Waals surface area contributed by atoms with Crippen molar-refractivity contribution in [2.45, 2.75) is 33.4 Å². The van der Waals surface area contributed by atoms with Crippen LogP contribution in [0.15, 0.2) is 29.6 Å². The van der Waals surface area contributed by atoms with Crippen molar-refractivity contribution >= 4 is 33.2 Å². The Morgan fingerprint density at radius 3 is 2.67 bits per heavy atom. The monoisotopic (exact) mass is 304 g/mol. The fourth-order valence-electron chi connectivity index (χ4n) is 2.18. The van der Waals surface area contributed by atoms with E-state index in [-0.39, 0.29) is 17.7 Å². The molecule has 1 aromatic heterocycles. The molecule has 0 saturated carbocycles. The third-order valence-corrected chi connectivity index (χ3v) is 4.19. The Balaban J connectivity index is 1.99. The molecule has 0 aliphatic heterocycles. The van der Waals surface area contributed by atoms with Crippen LogP contribution in [0.2, 0.25) is 0 Å². The number of rotatable bonds is 5. The Kier molecular flexibility index (Phi) is 4.96. The highest BCUT2D eigenvalue weighted by molar-refractivity contribution is 7.17. The van der Waals surface area contributed by atoms with E-state index in [1.165, 1.54) is 17.0 Å². The van der Waals surface area contributed by atoms with Crippen molar-refractivity contribution in [3.05, 3.63) is 35.2 Å². The highest BCUT2D eigenvalue weighted by Crippen LogP contribution is 2.21. The predicted molar refractivity (Wildman–Crippen MR) is 86.1 cm³/mol. The Hall–Kier alpha value is -1.88. The minimum atomic E-state index is -0.493. The van der Waals surface area contributed by atoms with Crippen molar-refractivity contribution in [2.75, 3.05) is 0 Å². The molecule has 112 valence electrons. The SMILES string of the molecule is CC(=O)N[C@H](C(=O)NCc1ccc2sccc2c1)C(C)C. The number of hydrogen-bond donors (Lipinski definition) is 2. The van der Waals surface area contributed by atoms with Gasteiger partial charge in [0.05, 0.1) is 0 Å². The molecule has 0 aliphatic rings. The quantitative estimate of drug-likeness (QED) is 0.892. The van der Waals surface area contributed by atoms with E-state index in [0.29, 0.717) is 6.54 Å². The second-order valence-corrected chi connectivity index (χ2v) is 6.38. The molecule has 0 spiro atoms. The molecule has 0 radical (unpaired) electrons. The summed E-state index contributed by atoms with van der Waals surface area (Å²) >= 11 is 1.70. The van der Waals surface area contributed by atoms with Crippen molar-refractivity contribution < 1.29 is 9.59 Å². The van der Waals surface area contributed by atoms with Crippen LogP contribution in [0.3, 0.4) is 0 Å². The molecular formula is C16H20N2O2S. The lowest BCUT2D eigenvalue weighted by molar-refractivity contribution is -0.129. The zero-order chi connectivity index (χ0) is 15.4. The number of amides is 2. The highest BCUT2D eigenvalue weighted by Gasteiger charge is 2.22. The Bertz CT molecular complexity index is 649. The van der Waals surface area contributed by atoms with Crippen molar-refractivity contribution in [1.29, 1.82) is 0 Å². The lowest BCUT2D eigenvalue weighted by atomic mass is 10.0. The molecule has 1 atom stereocenters. The maximum absolute atomic E-state index is 12.2. The Morgan fingerprint density at radius 2 is 2.00 bits per heavy atom. The molecule has 0 aliphatic carbocycles. The van der Waals surface area contributed by atoms with E-state index < -0.39 is 6.04 Å². The van der Waals surface area contributed by atoms with E-state index in [0.717, 1.165) is 5.56 Å². The van der Waals surface area contributed by atoms with Gasteiger partial charge in [0.2, 0.25) is 11.8 Å². The van der Waals surface area contributed by atoms with Crippen LogP contribution in [0.1, 0.15) is 26.3 Å². The molecule has 4 nitrogen and oxygen atoms in total. The first-order valence-electron chi connectivity index (χ1n) is 6.98. The molecule has 0 unspecified atom stereocenters. The fourth-order valence-corrected chi connectivity index (χ4v) is 2.95. The van der Waals surface area contributed by atoms with E-state index in [1.54, 1.807) is 11.3 Å². The molecule has 2 rings (SSSR count). The van der Waals surface area contributed by atoms with Crippen LogP contribution in [0.5, 0.6) is 0 Å². The summed E-state index contributed by atoms with van der Waals surface area (Å²) in [6, 6.07) is 7.73. The van der Waals surface area contributed by atoms with Crippen LogP contribution in [0.25, 0.3) is 10.1 Å². The maximum atomic E-state index is 12.2. The zero-order valence-corrected chi connectivity index (χ0v) is 13.3. The van der Waals surface area contributed by atoms with Crippen LogP contribution < -0.4 is 10.6 Å². The molecule has 5 heteroatoms. The first-order chi connectivity index (χ1) is 9.97. The van der Waals surface area contributed by atoms with Crippen LogP contribution in [-0.4, -0.2) is 17.9 Å². The van der Waals surface area contributed by atoms with E-state index in [4.69, 9.17) is 0 Å². The third-order valence-electron chi connectivity index (χ3n) is 3.29. The van der Waals surface area contributed by atoms with Crippen LogP contribution in [0, 0.1) is 5.92 Å². The van der Waals surface area contributed by atoms with E-state index in [1.807, 2.05) is 19.9 Å². The number of thiophene rings is 1. The molecule has 0 bridgehead atoms. The van der Waals surface area contributed by atoms with Crippen LogP contribution in [0.4, 0.5) is 0 Å². The Morgan fingerprint density at radius 1 is 1.24 bits per heavy atom. The molecule has 2 N–H and O–H groups in total. The second kappa shape index (κ2) is 6.72. The average Bonchev–Trinajstić information content (AvgIpc) is 2.89. The maximum Gasteiger partial charge on any atom is 0.243 e. The number of hydrogen-bond acceptors (Lipinski definition) is 3. The number of carbonyl (C=O) groups is 2.